The average molecular weight is 564 g/mol. The molecule has 4 nitrogen and oxygen atoms in total. The lowest BCUT2D eigenvalue weighted by atomic mass is 10.1. The molecule has 0 atom stereocenters. The molecule has 0 radical (unpaired) electrons. The molecule has 0 spiro atoms. The van der Waals surface area contributed by atoms with Gasteiger partial charge in [0.05, 0.1) is 0 Å². The van der Waals surface area contributed by atoms with Gasteiger partial charge in [-0.15, -0.1) is 36.2 Å². The van der Waals surface area contributed by atoms with E-state index in [9.17, 15) is 9.59 Å². The summed E-state index contributed by atoms with van der Waals surface area (Å²) in [6.45, 7) is 1.48. The monoisotopic (exact) mass is 562 g/mol. The Hall–Kier alpha value is -2.34. The van der Waals surface area contributed by atoms with Gasteiger partial charge in [-0.25, -0.2) is 0 Å². The summed E-state index contributed by atoms with van der Waals surface area (Å²) in [5.41, 5.74) is 1.46. The summed E-state index contributed by atoms with van der Waals surface area (Å²) >= 11 is 1.94. The molecule has 37 heavy (non-hydrogen) atoms. The van der Waals surface area contributed by atoms with Gasteiger partial charge in [-0.2, -0.15) is 0 Å². The minimum Gasteiger partial charge on any atom is -0.352 e. The number of benzene rings is 2. The van der Waals surface area contributed by atoms with Gasteiger partial charge in [0.1, 0.15) is 0 Å². The van der Waals surface area contributed by atoms with Crippen LogP contribution in [0.1, 0.15) is 81.8 Å². The van der Waals surface area contributed by atoms with Gasteiger partial charge < -0.3 is 10.6 Å². The van der Waals surface area contributed by atoms with E-state index in [1.54, 1.807) is 0 Å². The fraction of sp³-hybridized carbons (Fsp3) is 0.400. The van der Waals surface area contributed by atoms with Crippen molar-refractivity contribution in [2.24, 2.45) is 0 Å². The second-order valence-electron chi connectivity index (χ2n) is 8.94. The lowest BCUT2D eigenvalue weighted by molar-refractivity contribution is 0.0944. The zero-order chi connectivity index (χ0) is 24.6. The average Bonchev–Trinajstić information content (AvgIpc) is 3.35. The highest BCUT2D eigenvalue weighted by Crippen LogP contribution is 2.21. The zero-order valence-electron chi connectivity index (χ0n) is 21.5. The Labute approximate surface area is 238 Å². The van der Waals surface area contributed by atoms with E-state index in [1.165, 1.54) is 48.3 Å². The van der Waals surface area contributed by atoms with Gasteiger partial charge in [-0.3, -0.25) is 9.59 Å². The predicted octanol–water partition coefficient (Wildman–Crippen LogP) is 7.66. The molecule has 0 aliphatic carbocycles. The smallest absolute Gasteiger partial charge is 0.251 e. The van der Waals surface area contributed by atoms with Crippen LogP contribution in [0.4, 0.5) is 0 Å². The zero-order valence-corrected chi connectivity index (χ0v) is 23.9. The number of hydrogen-bond donors (Lipinski definition) is 2. The Kier molecular flexibility index (Phi) is 17.4. The van der Waals surface area contributed by atoms with Crippen LogP contribution in [0.5, 0.6) is 0 Å². The summed E-state index contributed by atoms with van der Waals surface area (Å²) in [4.78, 5) is 27.0. The molecule has 7 heteroatoms. The second kappa shape index (κ2) is 19.7. The molecule has 0 aliphatic rings. The number of unbranched alkanes of at least 4 members (excludes halogenated alkanes) is 6. The highest BCUT2D eigenvalue weighted by Gasteiger charge is 2.05. The molecule has 2 aromatic carbocycles. The molecule has 0 unspecified atom stereocenters. The Bertz CT molecular complexity index is 1010. The van der Waals surface area contributed by atoms with E-state index in [0.29, 0.717) is 0 Å². The van der Waals surface area contributed by atoms with Crippen molar-refractivity contribution >= 4 is 48.0 Å². The van der Waals surface area contributed by atoms with Gasteiger partial charge in [0.15, 0.2) is 0 Å². The van der Waals surface area contributed by atoms with Crippen molar-refractivity contribution in [3.63, 3.8) is 0 Å². The van der Waals surface area contributed by atoms with Gasteiger partial charge in [0.2, 0.25) is 0 Å². The molecule has 0 saturated carbocycles. The first-order chi connectivity index (χ1) is 17.2. The molecule has 0 bridgehead atoms. The molecule has 0 fully saturated rings. The maximum atomic E-state index is 12.0. The van der Waals surface area contributed by atoms with Gasteiger partial charge >= 0.3 is 0 Å². The molecule has 3 rings (SSSR count). The largest absolute Gasteiger partial charge is 0.352 e. The second-order valence-corrected chi connectivity index (χ2v) is 10.2. The van der Waals surface area contributed by atoms with Crippen LogP contribution in [-0.2, 0) is 12.8 Å². The molecule has 1 aromatic heterocycles. The van der Waals surface area contributed by atoms with E-state index in [2.05, 4.69) is 22.8 Å². The molecular formula is C30H40Cl2N2O2S. The number of nitrogens with one attached hydrogen (secondary N) is 2. The predicted molar refractivity (Wildman–Crippen MR) is 161 cm³/mol. The highest BCUT2D eigenvalue weighted by molar-refractivity contribution is 7.11. The van der Waals surface area contributed by atoms with E-state index in [4.69, 9.17) is 0 Å². The minimum atomic E-state index is 0. The lowest BCUT2D eigenvalue weighted by Crippen LogP contribution is -2.24. The number of aryl methyl sites for hydroxylation is 2. The van der Waals surface area contributed by atoms with Crippen molar-refractivity contribution in [3.8, 4) is 0 Å². The van der Waals surface area contributed by atoms with Crippen LogP contribution in [0.3, 0.4) is 0 Å². The van der Waals surface area contributed by atoms with Gasteiger partial charge in [0.25, 0.3) is 11.8 Å². The minimum absolute atomic E-state index is 0. The van der Waals surface area contributed by atoms with Crippen molar-refractivity contribution < 1.29 is 9.59 Å². The van der Waals surface area contributed by atoms with Crippen LogP contribution in [0.25, 0.3) is 0 Å². The van der Waals surface area contributed by atoms with E-state index in [-0.39, 0.29) is 36.6 Å². The van der Waals surface area contributed by atoms with Crippen LogP contribution < -0.4 is 10.6 Å². The standard InChI is InChI=1S/C30H38N2O2S.2ClH/c33-29(25-15-7-5-8-16-25)31-23-13-4-2-1-3-11-19-27-21-22-28(35-27)20-12-14-24-32-30(34)26-17-9-6-10-18-26;;/h5-10,15-18,21-22H,1-4,11-14,19-20,23-24H2,(H,31,33)(H,32,34);2*1H. The number of rotatable bonds is 16. The molecule has 202 valence electrons. The molecule has 3 aromatic rings. The molecule has 0 aliphatic heterocycles. The Morgan fingerprint density at radius 3 is 1.38 bits per heavy atom. The fourth-order valence-electron chi connectivity index (χ4n) is 4.03. The molecule has 2 amide bonds. The van der Waals surface area contributed by atoms with E-state index in [0.717, 1.165) is 49.9 Å². The number of thiophene rings is 1. The summed E-state index contributed by atoms with van der Waals surface area (Å²) in [5, 5.41) is 6.01. The Balaban J connectivity index is 0.00000342. The number of halogens is 2. The van der Waals surface area contributed by atoms with Crippen LogP contribution >= 0.6 is 36.2 Å². The maximum absolute atomic E-state index is 12.0. The topological polar surface area (TPSA) is 58.2 Å². The molecule has 1 heterocycles. The SMILES string of the molecule is Cl.Cl.O=C(NCCCCCCCCc1ccc(CCCCNC(=O)c2ccccc2)s1)c1ccccc1. The molecule has 2 N–H and O–H groups in total. The summed E-state index contributed by atoms with van der Waals surface area (Å²) in [7, 11) is 0. The van der Waals surface area contributed by atoms with Crippen molar-refractivity contribution in [1.82, 2.24) is 10.6 Å². The van der Waals surface area contributed by atoms with Crippen molar-refractivity contribution in [2.45, 2.75) is 64.2 Å². The van der Waals surface area contributed by atoms with Crippen LogP contribution in [0.15, 0.2) is 72.8 Å². The first kappa shape index (κ1) is 32.7. The third-order valence-electron chi connectivity index (χ3n) is 6.06. The third kappa shape index (κ3) is 13.1. The molecule has 0 saturated heterocycles. The summed E-state index contributed by atoms with van der Waals surface area (Å²) in [5.74, 6) is 0.0366. The van der Waals surface area contributed by atoms with Crippen LogP contribution in [-0.4, -0.2) is 24.9 Å². The van der Waals surface area contributed by atoms with Crippen LogP contribution in [0.2, 0.25) is 0 Å². The Morgan fingerprint density at radius 1 is 0.514 bits per heavy atom. The fourth-order valence-corrected chi connectivity index (χ4v) is 5.14. The first-order valence-electron chi connectivity index (χ1n) is 13.0. The number of hydrogen-bond acceptors (Lipinski definition) is 3. The van der Waals surface area contributed by atoms with Crippen molar-refractivity contribution in [2.75, 3.05) is 13.1 Å². The third-order valence-corrected chi connectivity index (χ3v) is 7.27. The van der Waals surface area contributed by atoms with E-state index in [1.807, 2.05) is 72.0 Å². The number of carbonyl (C=O) groups excluding carboxylic acids is 2. The summed E-state index contributed by atoms with van der Waals surface area (Å²) in [6, 6.07) is 23.3. The number of amides is 2. The lowest BCUT2D eigenvalue weighted by Gasteiger charge is -2.05. The van der Waals surface area contributed by atoms with Crippen LogP contribution in [0, 0.1) is 0 Å². The number of carbonyl (C=O) groups is 2. The van der Waals surface area contributed by atoms with Gasteiger partial charge in [-0.1, -0.05) is 62.1 Å². The summed E-state index contributed by atoms with van der Waals surface area (Å²) < 4.78 is 0. The summed E-state index contributed by atoms with van der Waals surface area (Å²) in [6.07, 6.45) is 11.6. The quantitative estimate of drug-likeness (QED) is 0.176. The van der Waals surface area contributed by atoms with Crippen molar-refractivity contribution in [1.29, 1.82) is 0 Å². The van der Waals surface area contributed by atoms with E-state index >= 15 is 0 Å². The normalized spacial score (nSPS) is 10.2. The highest BCUT2D eigenvalue weighted by atomic mass is 35.5. The van der Waals surface area contributed by atoms with Crippen molar-refractivity contribution in [3.05, 3.63) is 93.7 Å². The molecular weight excluding hydrogens is 523 g/mol. The Morgan fingerprint density at radius 2 is 0.892 bits per heavy atom. The van der Waals surface area contributed by atoms with Gasteiger partial charge in [-0.05, 0) is 74.9 Å². The van der Waals surface area contributed by atoms with Gasteiger partial charge in [0, 0.05) is 34.0 Å². The van der Waals surface area contributed by atoms with E-state index < -0.39 is 0 Å². The first-order valence-corrected chi connectivity index (χ1v) is 13.8. The maximum Gasteiger partial charge on any atom is 0.251 e.